The molecule has 122 valence electrons. The number of halogens is 2. The third-order valence-electron chi connectivity index (χ3n) is 2.64. The van der Waals surface area contributed by atoms with Gasteiger partial charge in [-0.25, -0.2) is 8.78 Å². The maximum absolute atomic E-state index is 12.3. The molecule has 0 saturated heterocycles. The summed E-state index contributed by atoms with van der Waals surface area (Å²) in [5.74, 6) is -0.465. The maximum atomic E-state index is 12.3. The number of aromatic nitrogens is 2. The molecular formula is C12H11F2N5O3S. The predicted octanol–water partition coefficient (Wildman–Crippen LogP) is 2.82. The van der Waals surface area contributed by atoms with Gasteiger partial charge in [0.05, 0.1) is 4.92 Å². The molecule has 0 atom stereocenters. The van der Waals surface area contributed by atoms with Crippen molar-refractivity contribution in [1.29, 1.82) is 0 Å². The summed E-state index contributed by atoms with van der Waals surface area (Å²) in [6.45, 7) is 0.136. The van der Waals surface area contributed by atoms with Crippen LogP contribution in [0.4, 0.5) is 25.3 Å². The van der Waals surface area contributed by atoms with E-state index < -0.39 is 22.3 Å². The third-order valence-corrected chi connectivity index (χ3v) is 3.49. The molecule has 11 heteroatoms. The molecule has 0 unspecified atom stereocenters. The van der Waals surface area contributed by atoms with Crippen LogP contribution in [0.2, 0.25) is 0 Å². The fourth-order valence-electron chi connectivity index (χ4n) is 1.65. The van der Waals surface area contributed by atoms with Crippen LogP contribution in [-0.2, 0) is 4.79 Å². The molecule has 0 spiro atoms. The zero-order valence-electron chi connectivity index (χ0n) is 11.5. The molecule has 2 N–H and O–H groups in total. The van der Waals surface area contributed by atoms with Crippen LogP contribution in [0, 0.1) is 10.1 Å². The number of benzene rings is 1. The first kappa shape index (κ1) is 16.7. The lowest BCUT2D eigenvalue weighted by Gasteiger charge is -2.06. The van der Waals surface area contributed by atoms with Gasteiger partial charge in [-0.15, -0.1) is 10.2 Å². The number of nitrogens with one attached hydrogen (secondary N) is 2. The van der Waals surface area contributed by atoms with E-state index >= 15 is 0 Å². The van der Waals surface area contributed by atoms with Gasteiger partial charge in [-0.3, -0.25) is 14.9 Å². The lowest BCUT2D eigenvalue weighted by molar-refractivity contribution is -0.384. The Morgan fingerprint density at radius 3 is 2.74 bits per heavy atom. The number of para-hydroxylation sites is 2. The summed E-state index contributed by atoms with van der Waals surface area (Å²) in [7, 11) is 0. The first-order chi connectivity index (χ1) is 11.0. The second-order valence-electron chi connectivity index (χ2n) is 4.25. The highest BCUT2D eigenvalue weighted by Crippen LogP contribution is 2.25. The van der Waals surface area contributed by atoms with E-state index in [9.17, 15) is 23.7 Å². The van der Waals surface area contributed by atoms with Crippen molar-refractivity contribution in [3.8, 4) is 0 Å². The van der Waals surface area contributed by atoms with Crippen LogP contribution in [0.25, 0.3) is 0 Å². The number of nitro benzene ring substituents is 1. The highest BCUT2D eigenvalue weighted by atomic mass is 32.1. The number of hydrogen-bond acceptors (Lipinski definition) is 7. The Bertz CT molecular complexity index is 710. The van der Waals surface area contributed by atoms with Gasteiger partial charge in [0.1, 0.15) is 5.69 Å². The van der Waals surface area contributed by atoms with E-state index in [0.29, 0.717) is 17.0 Å². The number of rotatable bonds is 7. The van der Waals surface area contributed by atoms with Crippen LogP contribution in [-0.4, -0.2) is 27.6 Å². The second-order valence-corrected chi connectivity index (χ2v) is 5.25. The standard InChI is InChI=1S/C12H11F2N5O3S/c13-10(14)11-17-18-12(23-11)16-9(20)5-6-15-7-3-1-2-4-8(7)19(21)22/h1-4,10,15H,5-6H2,(H,16,18,20). The van der Waals surface area contributed by atoms with Gasteiger partial charge in [0.2, 0.25) is 11.0 Å². The maximum Gasteiger partial charge on any atom is 0.292 e. The van der Waals surface area contributed by atoms with E-state index in [1.54, 1.807) is 6.07 Å². The largest absolute Gasteiger partial charge is 0.379 e. The molecule has 0 radical (unpaired) electrons. The Labute approximate surface area is 132 Å². The summed E-state index contributed by atoms with van der Waals surface area (Å²) in [5, 5.41) is 22.1. The van der Waals surface area contributed by atoms with Gasteiger partial charge in [-0.2, -0.15) is 0 Å². The molecule has 1 aromatic carbocycles. The van der Waals surface area contributed by atoms with E-state index in [1.165, 1.54) is 18.2 Å². The first-order valence-corrected chi connectivity index (χ1v) is 7.17. The quantitative estimate of drug-likeness (QED) is 0.591. The van der Waals surface area contributed by atoms with Crippen LogP contribution in [0.3, 0.4) is 0 Å². The highest BCUT2D eigenvalue weighted by Gasteiger charge is 2.16. The Morgan fingerprint density at radius 1 is 1.35 bits per heavy atom. The summed E-state index contributed by atoms with van der Waals surface area (Å²) in [5.41, 5.74) is 0.194. The molecule has 0 aliphatic heterocycles. The number of carbonyl (C=O) groups excluding carboxylic acids is 1. The first-order valence-electron chi connectivity index (χ1n) is 6.36. The van der Waals surface area contributed by atoms with Crippen molar-refractivity contribution in [3.05, 3.63) is 39.4 Å². The number of hydrogen-bond donors (Lipinski definition) is 2. The fraction of sp³-hybridized carbons (Fsp3) is 0.250. The molecule has 0 bridgehead atoms. The molecule has 1 heterocycles. The van der Waals surface area contributed by atoms with Crippen LogP contribution in [0.1, 0.15) is 17.9 Å². The zero-order chi connectivity index (χ0) is 16.8. The van der Waals surface area contributed by atoms with Crippen molar-refractivity contribution < 1.29 is 18.5 Å². The normalized spacial score (nSPS) is 10.6. The summed E-state index contributed by atoms with van der Waals surface area (Å²) in [6, 6.07) is 6.03. The molecule has 0 fully saturated rings. The van der Waals surface area contributed by atoms with Gasteiger partial charge in [-0.05, 0) is 6.07 Å². The Morgan fingerprint density at radius 2 is 2.09 bits per heavy atom. The van der Waals surface area contributed by atoms with Crippen LogP contribution < -0.4 is 10.6 Å². The summed E-state index contributed by atoms with van der Waals surface area (Å²) >= 11 is 0.592. The van der Waals surface area contributed by atoms with E-state index in [1.807, 2.05) is 0 Å². The predicted molar refractivity (Wildman–Crippen MR) is 79.7 cm³/mol. The smallest absolute Gasteiger partial charge is 0.292 e. The van der Waals surface area contributed by atoms with Crippen molar-refractivity contribution in [2.24, 2.45) is 0 Å². The summed E-state index contributed by atoms with van der Waals surface area (Å²) in [4.78, 5) is 22.0. The molecule has 2 aromatic rings. The molecule has 1 aromatic heterocycles. The minimum absolute atomic E-state index is 0.0176. The molecule has 2 rings (SSSR count). The molecule has 23 heavy (non-hydrogen) atoms. The van der Waals surface area contributed by atoms with Crippen LogP contribution in [0.5, 0.6) is 0 Å². The van der Waals surface area contributed by atoms with Crippen molar-refractivity contribution in [2.75, 3.05) is 17.2 Å². The molecule has 1 amide bonds. The second kappa shape index (κ2) is 7.54. The van der Waals surface area contributed by atoms with E-state index in [0.717, 1.165) is 0 Å². The molecule has 0 aliphatic rings. The Balaban J connectivity index is 1.84. The number of nitrogens with zero attached hydrogens (tertiary/aromatic N) is 3. The summed E-state index contributed by atoms with van der Waals surface area (Å²) < 4.78 is 24.7. The lowest BCUT2D eigenvalue weighted by atomic mass is 10.2. The topological polar surface area (TPSA) is 110 Å². The lowest BCUT2D eigenvalue weighted by Crippen LogP contribution is -2.16. The van der Waals surface area contributed by atoms with E-state index in [4.69, 9.17) is 0 Å². The van der Waals surface area contributed by atoms with Gasteiger partial charge in [0.25, 0.3) is 12.1 Å². The number of alkyl halides is 2. The minimum atomic E-state index is -2.74. The van der Waals surface area contributed by atoms with E-state index in [2.05, 4.69) is 20.8 Å². The monoisotopic (exact) mass is 343 g/mol. The Kier molecular flexibility index (Phi) is 5.46. The molecular weight excluding hydrogens is 332 g/mol. The number of anilines is 2. The average Bonchev–Trinajstić information content (AvgIpc) is 2.96. The SMILES string of the molecule is O=C(CCNc1ccccc1[N+](=O)[O-])Nc1nnc(C(F)F)s1. The number of carbonyl (C=O) groups is 1. The van der Waals surface area contributed by atoms with Crippen LogP contribution >= 0.6 is 11.3 Å². The fourth-order valence-corrected chi connectivity index (χ4v) is 2.26. The number of amides is 1. The molecule has 0 aliphatic carbocycles. The zero-order valence-corrected chi connectivity index (χ0v) is 12.3. The molecule has 0 saturated carbocycles. The van der Waals surface area contributed by atoms with Crippen molar-refractivity contribution in [2.45, 2.75) is 12.8 Å². The third kappa shape index (κ3) is 4.64. The van der Waals surface area contributed by atoms with Gasteiger partial charge in [-0.1, -0.05) is 23.5 Å². The van der Waals surface area contributed by atoms with E-state index in [-0.39, 0.29) is 23.8 Å². The minimum Gasteiger partial charge on any atom is -0.379 e. The van der Waals surface area contributed by atoms with Gasteiger partial charge in [0, 0.05) is 19.0 Å². The van der Waals surface area contributed by atoms with Gasteiger partial charge >= 0.3 is 0 Å². The average molecular weight is 343 g/mol. The van der Waals surface area contributed by atoms with Crippen molar-refractivity contribution in [3.63, 3.8) is 0 Å². The number of nitro groups is 1. The Hall–Kier alpha value is -2.69. The van der Waals surface area contributed by atoms with Crippen LogP contribution in [0.15, 0.2) is 24.3 Å². The van der Waals surface area contributed by atoms with Crippen molar-refractivity contribution >= 4 is 33.8 Å². The van der Waals surface area contributed by atoms with Gasteiger partial charge in [0.15, 0.2) is 5.01 Å². The summed E-state index contributed by atoms with van der Waals surface area (Å²) in [6.07, 6.45) is -2.76. The van der Waals surface area contributed by atoms with Gasteiger partial charge < -0.3 is 10.6 Å². The van der Waals surface area contributed by atoms with Crippen molar-refractivity contribution in [1.82, 2.24) is 10.2 Å². The highest BCUT2D eigenvalue weighted by molar-refractivity contribution is 7.15. The molecule has 8 nitrogen and oxygen atoms in total.